The fraction of sp³-hybridized carbons (Fsp3) is 0.562. The minimum Gasteiger partial charge on any atom is -0.494 e. The maximum Gasteiger partial charge on any atom is 0.224 e. The van der Waals surface area contributed by atoms with E-state index in [2.05, 4.69) is 26.8 Å². The minimum atomic E-state index is -0.134. The fourth-order valence-electron chi connectivity index (χ4n) is 3.26. The molecule has 19 heavy (non-hydrogen) atoms. The highest BCUT2D eigenvalue weighted by atomic mass is 16.5. The monoisotopic (exact) mass is 261 g/mol. The van der Waals surface area contributed by atoms with Crippen LogP contribution in [-0.2, 0) is 4.79 Å². The van der Waals surface area contributed by atoms with Crippen LogP contribution in [0.1, 0.15) is 52.5 Å². The van der Waals surface area contributed by atoms with Gasteiger partial charge in [-0.25, -0.2) is 0 Å². The summed E-state index contributed by atoms with van der Waals surface area (Å²) in [5, 5.41) is 0. The van der Waals surface area contributed by atoms with Crippen molar-refractivity contribution in [3.63, 3.8) is 0 Å². The van der Waals surface area contributed by atoms with Crippen molar-refractivity contribution < 1.29 is 9.53 Å². The van der Waals surface area contributed by atoms with Crippen LogP contribution in [0.2, 0.25) is 0 Å². The first kappa shape index (κ1) is 13.9. The second-order valence-electron chi connectivity index (χ2n) is 5.93. The second-order valence-corrected chi connectivity index (χ2v) is 5.93. The summed E-state index contributed by atoms with van der Waals surface area (Å²) in [6.45, 7) is 10.8. The van der Waals surface area contributed by atoms with Crippen molar-refractivity contribution in [2.75, 3.05) is 11.5 Å². The third kappa shape index (κ3) is 2.46. The van der Waals surface area contributed by atoms with E-state index in [0.717, 1.165) is 17.9 Å². The van der Waals surface area contributed by atoms with Gasteiger partial charge in [0.05, 0.1) is 6.61 Å². The molecule has 0 fully saturated rings. The molecule has 1 aromatic carbocycles. The van der Waals surface area contributed by atoms with Gasteiger partial charge in [-0.3, -0.25) is 4.79 Å². The molecule has 0 N–H and O–H groups in total. The standard InChI is InChI=1S/C16H23NO2/c1-6-19-13-7-8-15-14(9-13)11(2)10-16(4,5)17(15)12(3)18/h7-9,11H,6,10H2,1-5H3. The molecule has 1 atom stereocenters. The highest BCUT2D eigenvalue weighted by Crippen LogP contribution is 2.44. The lowest BCUT2D eigenvalue weighted by atomic mass is 9.80. The molecule has 0 bridgehead atoms. The van der Waals surface area contributed by atoms with Gasteiger partial charge in [0.2, 0.25) is 5.91 Å². The zero-order valence-electron chi connectivity index (χ0n) is 12.5. The van der Waals surface area contributed by atoms with Gasteiger partial charge in [0.15, 0.2) is 0 Å². The van der Waals surface area contributed by atoms with Gasteiger partial charge in [0.25, 0.3) is 0 Å². The Bertz CT molecular complexity index is 494. The van der Waals surface area contributed by atoms with Crippen LogP contribution in [0.15, 0.2) is 18.2 Å². The lowest BCUT2D eigenvalue weighted by Crippen LogP contribution is -2.50. The molecule has 0 saturated heterocycles. The smallest absolute Gasteiger partial charge is 0.224 e. The maximum atomic E-state index is 12.0. The molecule has 1 amide bonds. The molecule has 1 aromatic rings. The summed E-state index contributed by atoms with van der Waals surface area (Å²) in [5.41, 5.74) is 2.10. The van der Waals surface area contributed by atoms with Crippen LogP contribution in [0, 0.1) is 0 Å². The number of hydrogen-bond donors (Lipinski definition) is 0. The molecule has 1 aliphatic rings. The molecule has 0 aliphatic carbocycles. The van der Waals surface area contributed by atoms with Crippen LogP contribution in [0.4, 0.5) is 5.69 Å². The zero-order chi connectivity index (χ0) is 14.2. The van der Waals surface area contributed by atoms with Crippen molar-refractivity contribution in [1.82, 2.24) is 0 Å². The third-order valence-corrected chi connectivity index (χ3v) is 3.81. The first-order valence-corrected chi connectivity index (χ1v) is 6.94. The second kappa shape index (κ2) is 4.87. The van der Waals surface area contributed by atoms with E-state index in [9.17, 15) is 4.79 Å². The number of amides is 1. The summed E-state index contributed by atoms with van der Waals surface area (Å²) in [6, 6.07) is 6.04. The molecule has 1 aliphatic heterocycles. The predicted molar refractivity (Wildman–Crippen MR) is 77.9 cm³/mol. The van der Waals surface area contributed by atoms with Gasteiger partial charge in [0, 0.05) is 18.2 Å². The summed E-state index contributed by atoms with van der Waals surface area (Å²) in [4.78, 5) is 13.9. The zero-order valence-corrected chi connectivity index (χ0v) is 12.5. The van der Waals surface area contributed by atoms with Crippen LogP contribution in [0.25, 0.3) is 0 Å². The Kier molecular flexibility index (Phi) is 3.57. The number of rotatable bonds is 2. The Morgan fingerprint density at radius 3 is 2.74 bits per heavy atom. The molecule has 1 heterocycles. The van der Waals surface area contributed by atoms with E-state index in [1.54, 1.807) is 6.92 Å². The van der Waals surface area contributed by atoms with Crippen LogP contribution in [0.5, 0.6) is 5.75 Å². The van der Waals surface area contributed by atoms with Crippen LogP contribution < -0.4 is 9.64 Å². The Morgan fingerprint density at radius 1 is 1.47 bits per heavy atom. The number of nitrogens with zero attached hydrogens (tertiary/aromatic N) is 1. The van der Waals surface area contributed by atoms with E-state index in [-0.39, 0.29) is 11.4 Å². The van der Waals surface area contributed by atoms with Crippen molar-refractivity contribution in [3.05, 3.63) is 23.8 Å². The maximum absolute atomic E-state index is 12.0. The lowest BCUT2D eigenvalue weighted by Gasteiger charge is -2.45. The van der Waals surface area contributed by atoms with Gasteiger partial charge in [-0.2, -0.15) is 0 Å². The van der Waals surface area contributed by atoms with Crippen LogP contribution >= 0.6 is 0 Å². The van der Waals surface area contributed by atoms with Gasteiger partial charge < -0.3 is 9.64 Å². The highest BCUT2D eigenvalue weighted by Gasteiger charge is 2.38. The third-order valence-electron chi connectivity index (χ3n) is 3.81. The molecule has 2 rings (SSSR count). The van der Waals surface area contributed by atoms with E-state index in [1.807, 2.05) is 24.0 Å². The van der Waals surface area contributed by atoms with Crippen molar-refractivity contribution in [2.24, 2.45) is 0 Å². The Balaban J connectivity index is 2.51. The molecule has 0 aromatic heterocycles. The Morgan fingerprint density at radius 2 is 2.16 bits per heavy atom. The summed E-state index contributed by atoms with van der Waals surface area (Å²) in [6.07, 6.45) is 0.967. The average molecular weight is 261 g/mol. The Hall–Kier alpha value is -1.51. The summed E-state index contributed by atoms with van der Waals surface area (Å²) in [5.74, 6) is 1.42. The van der Waals surface area contributed by atoms with Gasteiger partial charge in [-0.05, 0) is 56.9 Å². The van der Waals surface area contributed by atoms with E-state index in [4.69, 9.17) is 4.74 Å². The summed E-state index contributed by atoms with van der Waals surface area (Å²) >= 11 is 0. The topological polar surface area (TPSA) is 29.5 Å². The number of carbonyl (C=O) groups is 1. The molecule has 1 unspecified atom stereocenters. The van der Waals surface area contributed by atoms with Gasteiger partial charge in [-0.15, -0.1) is 0 Å². The Labute approximate surface area is 115 Å². The summed E-state index contributed by atoms with van der Waals surface area (Å²) < 4.78 is 5.56. The fourth-order valence-corrected chi connectivity index (χ4v) is 3.26. The molecule has 0 spiro atoms. The van der Waals surface area contributed by atoms with Crippen molar-refractivity contribution >= 4 is 11.6 Å². The quantitative estimate of drug-likeness (QED) is 0.812. The SMILES string of the molecule is CCOc1ccc2c(c1)C(C)CC(C)(C)N2C(C)=O. The number of anilines is 1. The van der Waals surface area contributed by atoms with Crippen LogP contribution in [-0.4, -0.2) is 18.1 Å². The number of hydrogen-bond acceptors (Lipinski definition) is 2. The number of carbonyl (C=O) groups excluding carboxylic acids is 1. The first-order valence-electron chi connectivity index (χ1n) is 6.94. The molecule has 104 valence electrons. The summed E-state index contributed by atoms with van der Waals surface area (Å²) in [7, 11) is 0. The number of ether oxygens (including phenoxy) is 1. The van der Waals surface area contributed by atoms with E-state index < -0.39 is 0 Å². The van der Waals surface area contributed by atoms with E-state index >= 15 is 0 Å². The van der Waals surface area contributed by atoms with Crippen molar-refractivity contribution in [3.8, 4) is 5.75 Å². The number of benzene rings is 1. The highest BCUT2D eigenvalue weighted by molar-refractivity contribution is 5.94. The molecule has 3 nitrogen and oxygen atoms in total. The lowest BCUT2D eigenvalue weighted by molar-refractivity contribution is -0.117. The van der Waals surface area contributed by atoms with E-state index in [1.165, 1.54) is 5.56 Å². The molecule has 0 saturated carbocycles. The number of fused-ring (bicyclic) bond motifs is 1. The van der Waals surface area contributed by atoms with Gasteiger partial charge >= 0.3 is 0 Å². The first-order chi connectivity index (χ1) is 8.86. The minimum absolute atomic E-state index is 0.0994. The predicted octanol–water partition coefficient (Wildman–Crippen LogP) is 3.72. The normalized spacial score (nSPS) is 20.9. The van der Waals surface area contributed by atoms with Gasteiger partial charge in [0.1, 0.15) is 5.75 Å². The average Bonchev–Trinajstić information content (AvgIpc) is 2.28. The molecule has 3 heteroatoms. The molecular weight excluding hydrogens is 238 g/mol. The van der Waals surface area contributed by atoms with Gasteiger partial charge in [-0.1, -0.05) is 6.92 Å². The largest absolute Gasteiger partial charge is 0.494 e. The van der Waals surface area contributed by atoms with Crippen molar-refractivity contribution in [1.29, 1.82) is 0 Å². The van der Waals surface area contributed by atoms with Crippen LogP contribution in [0.3, 0.4) is 0 Å². The van der Waals surface area contributed by atoms with E-state index in [0.29, 0.717) is 12.5 Å². The molecular formula is C16H23NO2. The van der Waals surface area contributed by atoms with Crippen molar-refractivity contribution in [2.45, 2.75) is 52.5 Å². The molecule has 0 radical (unpaired) electrons.